The second-order valence-electron chi connectivity index (χ2n) is 3.88. The fourth-order valence-electron chi connectivity index (χ4n) is 1.32. The first kappa shape index (κ1) is 16.6. The van der Waals surface area contributed by atoms with E-state index < -0.39 is 35.4 Å². The summed E-state index contributed by atoms with van der Waals surface area (Å²) in [4.78, 5) is 21.4. The van der Waals surface area contributed by atoms with E-state index in [1.165, 1.54) is 0 Å². The molecule has 0 fully saturated rings. The average molecular weight is 310 g/mol. The first-order valence-electron chi connectivity index (χ1n) is 5.38. The SMILES string of the molecule is NNc1ccc(C(=O)NCC(F)(F)C(F)F)cc1[N+](=O)[O-]. The van der Waals surface area contributed by atoms with Crippen LogP contribution < -0.4 is 16.6 Å². The zero-order chi connectivity index (χ0) is 16.2. The monoisotopic (exact) mass is 310 g/mol. The van der Waals surface area contributed by atoms with E-state index in [0.717, 1.165) is 18.2 Å². The number of halogens is 4. The van der Waals surface area contributed by atoms with Crippen LogP contribution in [-0.2, 0) is 0 Å². The van der Waals surface area contributed by atoms with Gasteiger partial charge in [0.15, 0.2) is 0 Å². The van der Waals surface area contributed by atoms with Crippen molar-refractivity contribution >= 4 is 17.3 Å². The molecule has 7 nitrogen and oxygen atoms in total. The van der Waals surface area contributed by atoms with E-state index in [9.17, 15) is 32.5 Å². The van der Waals surface area contributed by atoms with Crippen LogP contribution in [0.15, 0.2) is 18.2 Å². The molecule has 21 heavy (non-hydrogen) atoms. The van der Waals surface area contributed by atoms with E-state index in [4.69, 9.17) is 5.84 Å². The second kappa shape index (κ2) is 6.35. The van der Waals surface area contributed by atoms with E-state index >= 15 is 0 Å². The Labute approximate surface area is 115 Å². The standard InChI is InChI=1S/C10H10F4N4O3/c11-9(12)10(13,14)4-16-8(19)5-1-2-6(17-15)7(3-5)18(20)21/h1-3,9,17H,4,15H2,(H,16,19). The highest BCUT2D eigenvalue weighted by Crippen LogP contribution is 2.25. The van der Waals surface area contributed by atoms with Crippen molar-refractivity contribution < 1.29 is 27.3 Å². The molecule has 116 valence electrons. The molecule has 0 bridgehead atoms. The molecule has 1 aromatic rings. The van der Waals surface area contributed by atoms with Gasteiger partial charge in [0.1, 0.15) is 5.69 Å². The lowest BCUT2D eigenvalue weighted by atomic mass is 10.1. The molecule has 1 amide bonds. The smallest absolute Gasteiger partial charge is 0.324 e. The van der Waals surface area contributed by atoms with Gasteiger partial charge in [0, 0.05) is 11.6 Å². The maximum absolute atomic E-state index is 12.6. The molecule has 0 aliphatic carbocycles. The summed E-state index contributed by atoms with van der Waals surface area (Å²) in [7, 11) is 0. The third-order valence-electron chi connectivity index (χ3n) is 2.42. The van der Waals surface area contributed by atoms with Crippen LogP contribution in [0.4, 0.5) is 28.9 Å². The van der Waals surface area contributed by atoms with Gasteiger partial charge >= 0.3 is 12.3 Å². The highest BCUT2D eigenvalue weighted by Gasteiger charge is 2.40. The van der Waals surface area contributed by atoms with Crippen molar-refractivity contribution in [3.05, 3.63) is 33.9 Å². The number of rotatable bonds is 6. The topological polar surface area (TPSA) is 110 Å². The zero-order valence-corrected chi connectivity index (χ0v) is 10.3. The van der Waals surface area contributed by atoms with E-state index in [2.05, 4.69) is 0 Å². The molecule has 4 N–H and O–H groups in total. The van der Waals surface area contributed by atoms with E-state index in [-0.39, 0.29) is 11.3 Å². The number of carbonyl (C=O) groups is 1. The molecule has 0 radical (unpaired) electrons. The van der Waals surface area contributed by atoms with Crippen LogP contribution in [0.3, 0.4) is 0 Å². The molecule has 1 rings (SSSR count). The van der Waals surface area contributed by atoms with Gasteiger partial charge < -0.3 is 10.7 Å². The Hall–Kier alpha value is -2.43. The maximum atomic E-state index is 12.6. The summed E-state index contributed by atoms with van der Waals surface area (Å²) < 4.78 is 49.1. The van der Waals surface area contributed by atoms with Gasteiger partial charge in [0.2, 0.25) is 0 Å². The summed E-state index contributed by atoms with van der Waals surface area (Å²) in [6, 6.07) is 2.93. The number of nitrogens with two attached hydrogens (primary N) is 1. The number of nitrogens with one attached hydrogen (secondary N) is 2. The first-order valence-corrected chi connectivity index (χ1v) is 5.38. The number of benzene rings is 1. The largest absolute Gasteiger partial charge is 0.346 e. The molecule has 0 unspecified atom stereocenters. The molecule has 0 saturated carbocycles. The van der Waals surface area contributed by atoms with Crippen LogP contribution in [0.5, 0.6) is 0 Å². The molecular weight excluding hydrogens is 300 g/mol. The third-order valence-corrected chi connectivity index (χ3v) is 2.42. The summed E-state index contributed by atoms with van der Waals surface area (Å²) in [6.45, 7) is -1.59. The molecule has 0 saturated heterocycles. The summed E-state index contributed by atoms with van der Waals surface area (Å²) in [6.07, 6.45) is -3.93. The minimum Gasteiger partial charge on any atom is -0.346 e. The van der Waals surface area contributed by atoms with Crippen molar-refractivity contribution in [1.82, 2.24) is 5.32 Å². The molecule has 1 aromatic carbocycles. The molecule has 0 atom stereocenters. The van der Waals surface area contributed by atoms with Gasteiger partial charge in [0.25, 0.3) is 11.6 Å². The molecule has 11 heteroatoms. The van der Waals surface area contributed by atoms with Gasteiger partial charge in [-0.2, -0.15) is 8.78 Å². The normalized spacial score (nSPS) is 11.3. The number of hydrogen-bond acceptors (Lipinski definition) is 5. The minimum absolute atomic E-state index is 0.102. The number of anilines is 1. The van der Waals surface area contributed by atoms with Gasteiger partial charge in [-0.15, -0.1) is 0 Å². The number of nitro benzene ring substituents is 1. The molecule has 0 aliphatic rings. The molecule has 0 spiro atoms. The summed E-state index contributed by atoms with van der Waals surface area (Å²) in [5.74, 6) is -0.513. The van der Waals surface area contributed by atoms with Crippen molar-refractivity contribution in [3.8, 4) is 0 Å². The highest BCUT2D eigenvalue weighted by molar-refractivity contribution is 5.95. The van der Waals surface area contributed by atoms with Crippen LogP contribution in [0.2, 0.25) is 0 Å². The van der Waals surface area contributed by atoms with Crippen molar-refractivity contribution in [2.45, 2.75) is 12.3 Å². The second-order valence-corrected chi connectivity index (χ2v) is 3.88. The Kier molecular flexibility index (Phi) is 5.02. The van der Waals surface area contributed by atoms with Crippen molar-refractivity contribution in [1.29, 1.82) is 0 Å². The van der Waals surface area contributed by atoms with Gasteiger partial charge in [-0.05, 0) is 12.1 Å². The van der Waals surface area contributed by atoms with E-state index in [1.807, 2.05) is 5.43 Å². The summed E-state index contributed by atoms with van der Waals surface area (Å²) in [5, 5.41) is 12.3. The number of hydrazine groups is 1. The molecular formula is C10H10F4N4O3. The summed E-state index contributed by atoms with van der Waals surface area (Å²) >= 11 is 0. The maximum Gasteiger partial charge on any atom is 0.324 e. The Bertz CT molecular complexity index is 553. The van der Waals surface area contributed by atoms with Crippen molar-refractivity contribution in [3.63, 3.8) is 0 Å². The van der Waals surface area contributed by atoms with Crippen LogP contribution in [-0.4, -0.2) is 29.7 Å². The Balaban J connectivity index is 2.89. The Morgan fingerprint density at radius 1 is 1.43 bits per heavy atom. The molecule has 0 aromatic heterocycles. The van der Waals surface area contributed by atoms with Crippen molar-refractivity contribution in [2.75, 3.05) is 12.0 Å². The van der Waals surface area contributed by atoms with E-state index in [0.29, 0.717) is 0 Å². The lowest BCUT2D eigenvalue weighted by Gasteiger charge is -2.15. The van der Waals surface area contributed by atoms with Crippen LogP contribution in [0.25, 0.3) is 0 Å². The predicted molar refractivity (Wildman–Crippen MR) is 64.2 cm³/mol. The van der Waals surface area contributed by atoms with Crippen LogP contribution >= 0.6 is 0 Å². The molecule has 0 aliphatic heterocycles. The number of nitro groups is 1. The molecule has 0 heterocycles. The first-order chi connectivity index (χ1) is 9.69. The highest BCUT2D eigenvalue weighted by atomic mass is 19.3. The number of carbonyl (C=O) groups excluding carboxylic acids is 1. The quantitative estimate of drug-likeness (QED) is 0.319. The lowest BCUT2D eigenvalue weighted by Crippen LogP contribution is -2.41. The van der Waals surface area contributed by atoms with Gasteiger partial charge in [-0.25, -0.2) is 8.78 Å². The fraction of sp³-hybridized carbons (Fsp3) is 0.300. The Morgan fingerprint density at radius 3 is 2.52 bits per heavy atom. The van der Waals surface area contributed by atoms with Crippen LogP contribution in [0.1, 0.15) is 10.4 Å². The minimum atomic E-state index is -4.39. The number of amides is 1. The zero-order valence-electron chi connectivity index (χ0n) is 10.3. The number of alkyl halides is 4. The lowest BCUT2D eigenvalue weighted by molar-refractivity contribution is -0.384. The predicted octanol–water partition coefficient (Wildman–Crippen LogP) is 1.51. The van der Waals surface area contributed by atoms with Gasteiger partial charge in [0.05, 0.1) is 11.5 Å². The van der Waals surface area contributed by atoms with Crippen LogP contribution in [0, 0.1) is 10.1 Å². The number of nitrogens with zero attached hydrogens (tertiary/aromatic N) is 1. The number of nitrogen functional groups attached to an aromatic ring is 1. The third kappa shape index (κ3) is 4.02. The average Bonchev–Trinajstić information content (AvgIpc) is 2.43. The summed E-state index contributed by atoms with van der Waals surface area (Å²) in [5.41, 5.74) is 1.01. The van der Waals surface area contributed by atoms with Crippen molar-refractivity contribution in [2.24, 2.45) is 5.84 Å². The number of hydrogen-bond donors (Lipinski definition) is 3. The Morgan fingerprint density at radius 2 is 2.05 bits per heavy atom. The van der Waals surface area contributed by atoms with Gasteiger partial charge in [-0.1, -0.05) is 0 Å². The van der Waals surface area contributed by atoms with Gasteiger partial charge in [-0.3, -0.25) is 20.8 Å². The van der Waals surface area contributed by atoms with E-state index in [1.54, 1.807) is 5.32 Å². The fourth-order valence-corrected chi connectivity index (χ4v) is 1.32.